The lowest BCUT2D eigenvalue weighted by Gasteiger charge is -2.36. The lowest BCUT2D eigenvalue weighted by atomic mass is 9.87. The SMILES string of the molecule is C#CCNC1CC(NC(=O)OC(C)(C)C)C1. The monoisotopic (exact) mass is 224 g/mol. The highest BCUT2D eigenvalue weighted by molar-refractivity contribution is 5.68. The van der Waals surface area contributed by atoms with Crippen molar-refractivity contribution in [2.45, 2.75) is 51.3 Å². The van der Waals surface area contributed by atoms with E-state index in [2.05, 4.69) is 16.6 Å². The first kappa shape index (κ1) is 12.9. The number of carbonyl (C=O) groups is 1. The molecule has 0 bridgehead atoms. The highest BCUT2D eigenvalue weighted by Gasteiger charge is 2.30. The fraction of sp³-hybridized carbons (Fsp3) is 0.750. The molecule has 0 spiro atoms. The zero-order valence-corrected chi connectivity index (χ0v) is 10.2. The van der Waals surface area contributed by atoms with Crippen LogP contribution in [0.15, 0.2) is 0 Å². The van der Waals surface area contributed by atoms with Gasteiger partial charge in [-0.3, -0.25) is 0 Å². The maximum Gasteiger partial charge on any atom is 0.407 e. The average molecular weight is 224 g/mol. The molecule has 4 heteroatoms. The molecular formula is C12H20N2O2. The molecule has 0 radical (unpaired) electrons. The second-order valence-corrected chi connectivity index (χ2v) is 5.10. The molecule has 2 N–H and O–H groups in total. The first-order chi connectivity index (χ1) is 7.40. The van der Waals surface area contributed by atoms with Crippen LogP contribution in [0, 0.1) is 12.3 Å². The molecular weight excluding hydrogens is 204 g/mol. The Balaban J connectivity index is 2.13. The van der Waals surface area contributed by atoms with Crippen LogP contribution in [0.1, 0.15) is 33.6 Å². The Bertz CT molecular complexity index is 282. The van der Waals surface area contributed by atoms with Gasteiger partial charge in [0.2, 0.25) is 0 Å². The summed E-state index contributed by atoms with van der Waals surface area (Å²) < 4.78 is 5.16. The van der Waals surface area contributed by atoms with Gasteiger partial charge in [-0.25, -0.2) is 4.79 Å². The van der Waals surface area contributed by atoms with Crippen molar-refractivity contribution >= 4 is 6.09 Å². The predicted octanol–water partition coefficient (Wildman–Crippen LogP) is 1.26. The van der Waals surface area contributed by atoms with Crippen LogP contribution in [-0.4, -0.2) is 30.3 Å². The van der Waals surface area contributed by atoms with Crippen molar-refractivity contribution in [2.75, 3.05) is 6.54 Å². The van der Waals surface area contributed by atoms with Gasteiger partial charge < -0.3 is 15.4 Å². The van der Waals surface area contributed by atoms with Crippen molar-refractivity contribution in [2.24, 2.45) is 0 Å². The molecule has 4 nitrogen and oxygen atoms in total. The summed E-state index contributed by atoms with van der Waals surface area (Å²) in [7, 11) is 0. The summed E-state index contributed by atoms with van der Waals surface area (Å²) in [6.45, 7) is 6.14. The van der Waals surface area contributed by atoms with Crippen molar-refractivity contribution in [3.05, 3.63) is 0 Å². The van der Waals surface area contributed by atoms with E-state index in [0.29, 0.717) is 12.6 Å². The van der Waals surface area contributed by atoms with Crippen LogP contribution in [0.3, 0.4) is 0 Å². The lowest BCUT2D eigenvalue weighted by molar-refractivity contribution is 0.0466. The van der Waals surface area contributed by atoms with Gasteiger partial charge in [-0.15, -0.1) is 6.42 Å². The average Bonchev–Trinajstić information content (AvgIpc) is 2.05. The van der Waals surface area contributed by atoms with Gasteiger partial charge in [-0.1, -0.05) is 5.92 Å². The van der Waals surface area contributed by atoms with E-state index in [-0.39, 0.29) is 12.1 Å². The zero-order chi connectivity index (χ0) is 12.2. The van der Waals surface area contributed by atoms with E-state index in [1.807, 2.05) is 20.8 Å². The van der Waals surface area contributed by atoms with Gasteiger partial charge in [0, 0.05) is 12.1 Å². The highest BCUT2D eigenvalue weighted by atomic mass is 16.6. The summed E-state index contributed by atoms with van der Waals surface area (Å²) in [4.78, 5) is 11.4. The topological polar surface area (TPSA) is 50.4 Å². The Morgan fingerprint density at radius 3 is 2.56 bits per heavy atom. The van der Waals surface area contributed by atoms with Gasteiger partial charge in [0.1, 0.15) is 5.60 Å². The molecule has 0 unspecified atom stereocenters. The summed E-state index contributed by atoms with van der Waals surface area (Å²) in [5.74, 6) is 2.53. The predicted molar refractivity (Wildman–Crippen MR) is 63.0 cm³/mol. The van der Waals surface area contributed by atoms with Crippen LogP contribution in [0.2, 0.25) is 0 Å². The molecule has 1 saturated carbocycles. The van der Waals surface area contributed by atoms with Crippen molar-refractivity contribution in [1.29, 1.82) is 0 Å². The largest absolute Gasteiger partial charge is 0.444 e. The molecule has 0 aliphatic heterocycles. The molecule has 0 aromatic rings. The molecule has 16 heavy (non-hydrogen) atoms. The van der Waals surface area contributed by atoms with Crippen LogP contribution in [-0.2, 0) is 4.74 Å². The first-order valence-electron chi connectivity index (χ1n) is 5.57. The van der Waals surface area contributed by atoms with E-state index in [0.717, 1.165) is 12.8 Å². The second-order valence-electron chi connectivity index (χ2n) is 5.10. The molecule has 0 atom stereocenters. The number of nitrogens with one attached hydrogen (secondary N) is 2. The minimum absolute atomic E-state index is 0.213. The van der Waals surface area contributed by atoms with Gasteiger partial charge in [-0.05, 0) is 33.6 Å². The quantitative estimate of drug-likeness (QED) is 0.710. The summed E-state index contributed by atoms with van der Waals surface area (Å²) in [6, 6.07) is 0.640. The van der Waals surface area contributed by atoms with E-state index >= 15 is 0 Å². The summed E-state index contributed by atoms with van der Waals surface area (Å²) >= 11 is 0. The number of hydrogen-bond acceptors (Lipinski definition) is 3. The van der Waals surface area contributed by atoms with Crippen molar-refractivity contribution in [3.63, 3.8) is 0 Å². The van der Waals surface area contributed by atoms with Gasteiger partial charge in [0.25, 0.3) is 0 Å². The maximum absolute atomic E-state index is 11.4. The molecule has 0 saturated heterocycles. The number of alkyl carbamates (subject to hydrolysis) is 1. The van der Waals surface area contributed by atoms with E-state index in [1.54, 1.807) is 0 Å². The van der Waals surface area contributed by atoms with E-state index in [1.165, 1.54) is 0 Å². The molecule has 0 heterocycles. The molecule has 1 rings (SSSR count). The number of terminal acetylenes is 1. The van der Waals surface area contributed by atoms with E-state index < -0.39 is 5.60 Å². The van der Waals surface area contributed by atoms with Crippen LogP contribution >= 0.6 is 0 Å². The number of hydrogen-bond donors (Lipinski definition) is 2. The fourth-order valence-electron chi connectivity index (χ4n) is 1.58. The molecule has 1 fully saturated rings. The maximum atomic E-state index is 11.4. The number of carbonyl (C=O) groups excluding carboxylic acids is 1. The standard InChI is InChI=1S/C12H20N2O2/c1-5-6-13-9-7-10(8-9)14-11(15)16-12(2,3)4/h1,9-10,13H,6-8H2,2-4H3,(H,14,15). The van der Waals surface area contributed by atoms with Crippen LogP contribution in [0.5, 0.6) is 0 Å². The van der Waals surface area contributed by atoms with Crippen LogP contribution in [0.4, 0.5) is 4.79 Å². The van der Waals surface area contributed by atoms with Crippen molar-refractivity contribution in [1.82, 2.24) is 10.6 Å². The Morgan fingerprint density at radius 1 is 1.44 bits per heavy atom. The summed E-state index contributed by atoms with van der Waals surface area (Å²) in [5, 5.41) is 6.02. The van der Waals surface area contributed by atoms with Crippen LogP contribution in [0.25, 0.3) is 0 Å². The third-order valence-electron chi connectivity index (χ3n) is 2.35. The minimum atomic E-state index is -0.436. The smallest absolute Gasteiger partial charge is 0.407 e. The Labute approximate surface area is 97.1 Å². The van der Waals surface area contributed by atoms with E-state index in [9.17, 15) is 4.79 Å². The van der Waals surface area contributed by atoms with Crippen molar-refractivity contribution in [3.8, 4) is 12.3 Å². The van der Waals surface area contributed by atoms with Crippen molar-refractivity contribution < 1.29 is 9.53 Å². The second kappa shape index (κ2) is 5.22. The van der Waals surface area contributed by atoms with Gasteiger partial charge >= 0.3 is 6.09 Å². The summed E-state index contributed by atoms with van der Waals surface area (Å²) in [6.07, 6.45) is 6.63. The van der Waals surface area contributed by atoms with Gasteiger partial charge in [0.15, 0.2) is 0 Å². The minimum Gasteiger partial charge on any atom is -0.444 e. The number of ether oxygens (including phenoxy) is 1. The highest BCUT2D eigenvalue weighted by Crippen LogP contribution is 2.20. The third-order valence-corrected chi connectivity index (χ3v) is 2.35. The Morgan fingerprint density at radius 2 is 2.06 bits per heavy atom. The van der Waals surface area contributed by atoms with Crippen LogP contribution < -0.4 is 10.6 Å². The molecule has 90 valence electrons. The third kappa shape index (κ3) is 4.54. The molecule has 1 amide bonds. The van der Waals surface area contributed by atoms with Gasteiger partial charge in [0.05, 0.1) is 6.54 Å². The number of amides is 1. The van der Waals surface area contributed by atoms with E-state index in [4.69, 9.17) is 11.2 Å². The summed E-state index contributed by atoms with van der Waals surface area (Å²) in [5.41, 5.74) is -0.436. The number of rotatable bonds is 3. The molecule has 1 aliphatic carbocycles. The normalized spacial score (nSPS) is 24.1. The van der Waals surface area contributed by atoms with Gasteiger partial charge in [-0.2, -0.15) is 0 Å². The fourth-order valence-corrected chi connectivity index (χ4v) is 1.58. The zero-order valence-electron chi connectivity index (χ0n) is 10.2. The molecule has 0 aromatic heterocycles. The molecule has 0 aromatic carbocycles. The first-order valence-corrected chi connectivity index (χ1v) is 5.57. The Hall–Kier alpha value is -1.21. The molecule has 1 aliphatic rings. The lowest BCUT2D eigenvalue weighted by Crippen LogP contribution is -2.53. The Kier molecular flexibility index (Phi) is 4.19.